The number of hydrogen-bond acceptors (Lipinski definition) is 3. The Kier molecular flexibility index (Phi) is 4.89. The molecule has 1 aliphatic carbocycles. The molecule has 2 rings (SSSR count). The summed E-state index contributed by atoms with van der Waals surface area (Å²) in [7, 11) is 0. The van der Waals surface area contributed by atoms with Crippen LogP contribution in [0.4, 0.5) is 13.2 Å². The molecule has 2 amide bonds. The van der Waals surface area contributed by atoms with Gasteiger partial charge in [0.05, 0.1) is 0 Å². The van der Waals surface area contributed by atoms with Crippen molar-refractivity contribution in [3.05, 3.63) is 29.8 Å². The molecule has 1 aliphatic rings. The predicted octanol–water partition coefficient (Wildman–Crippen LogP) is 1.64. The molecule has 2 N–H and O–H groups in total. The van der Waals surface area contributed by atoms with E-state index in [-0.39, 0.29) is 17.7 Å². The van der Waals surface area contributed by atoms with E-state index in [1.54, 1.807) is 17.4 Å². The Labute approximate surface area is 124 Å². The lowest BCUT2D eigenvalue weighted by Gasteiger charge is -2.10. The molecule has 0 saturated heterocycles. The normalized spacial score (nSPS) is 14.3. The van der Waals surface area contributed by atoms with Crippen molar-refractivity contribution in [3.63, 3.8) is 0 Å². The van der Waals surface area contributed by atoms with Gasteiger partial charge in [0.15, 0.2) is 6.61 Å². The van der Waals surface area contributed by atoms with E-state index in [2.05, 4.69) is 5.32 Å². The Morgan fingerprint density at radius 2 is 2.00 bits per heavy atom. The Morgan fingerprint density at radius 1 is 1.27 bits per heavy atom. The first-order chi connectivity index (χ1) is 10.3. The minimum Gasteiger partial charge on any atom is -0.484 e. The first kappa shape index (κ1) is 16.1. The van der Waals surface area contributed by atoms with E-state index in [0.29, 0.717) is 5.56 Å². The lowest BCUT2D eigenvalue weighted by atomic mass is 10.2. The maximum Gasteiger partial charge on any atom is 0.405 e. The summed E-state index contributed by atoms with van der Waals surface area (Å²) in [4.78, 5) is 23.0. The monoisotopic (exact) mass is 316 g/mol. The molecule has 8 heteroatoms. The van der Waals surface area contributed by atoms with Gasteiger partial charge in [-0.2, -0.15) is 13.2 Å². The van der Waals surface area contributed by atoms with Crippen molar-refractivity contribution >= 4 is 11.8 Å². The van der Waals surface area contributed by atoms with Crippen LogP contribution in [-0.4, -0.2) is 37.2 Å². The van der Waals surface area contributed by atoms with E-state index in [0.717, 1.165) is 12.8 Å². The summed E-state index contributed by atoms with van der Waals surface area (Å²) in [6.45, 7) is -1.96. The van der Waals surface area contributed by atoms with Crippen LogP contribution in [0, 0.1) is 0 Å². The summed E-state index contributed by atoms with van der Waals surface area (Å²) in [6.07, 6.45) is -2.54. The third-order valence-corrected chi connectivity index (χ3v) is 2.86. The summed E-state index contributed by atoms with van der Waals surface area (Å²) in [5.41, 5.74) is 0.375. The smallest absolute Gasteiger partial charge is 0.405 e. The van der Waals surface area contributed by atoms with Crippen molar-refractivity contribution in [2.45, 2.75) is 25.1 Å². The summed E-state index contributed by atoms with van der Waals surface area (Å²) in [6, 6.07) is 6.34. The number of hydrogen-bond donors (Lipinski definition) is 2. The number of nitrogens with one attached hydrogen (secondary N) is 2. The number of halogens is 3. The fourth-order valence-corrected chi connectivity index (χ4v) is 1.62. The van der Waals surface area contributed by atoms with Crippen LogP contribution >= 0.6 is 0 Å². The van der Waals surface area contributed by atoms with Crippen molar-refractivity contribution in [1.29, 1.82) is 0 Å². The Balaban J connectivity index is 1.82. The molecule has 0 heterocycles. The molecule has 1 aromatic carbocycles. The highest BCUT2D eigenvalue weighted by Crippen LogP contribution is 2.20. The van der Waals surface area contributed by atoms with Crippen LogP contribution in [0.15, 0.2) is 24.3 Å². The fraction of sp³-hybridized carbons (Fsp3) is 0.429. The van der Waals surface area contributed by atoms with Crippen LogP contribution in [0.5, 0.6) is 5.75 Å². The average molecular weight is 316 g/mol. The minimum atomic E-state index is -4.46. The lowest BCUT2D eigenvalue weighted by molar-refractivity contribution is -0.139. The van der Waals surface area contributed by atoms with Gasteiger partial charge in [0, 0.05) is 11.6 Å². The van der Waals surface area contributed by atoms with Gasteiger partial charge in [-0.1, -0.05) is 6.07 Å². The van der Waals surface area contributed by atoms with E-state index in [1.807, 2.05) is 0 Å². The lowest BCUT2D eigenvalue weighted by Crippen LogP contribution is -2.36. The van der Waals surface area contributed by atoms with Crippen LogP contribution in [0.1, 0.15) is 23.2 Å². The van der Waals surface area contributed by atoms with Crippen LogP contribution in [0.3, 0.4) is 0 Å². The Hall–Kier alpha value is -2.25. The van der Waals surface area contributed by atoms with Crippen molar-refractivity contribution in [2.24, 2.45) is 0 Å². The quantitative estimate of drug-likeness (QED) is 0.838. The molecule has 1 aromatic rings. The molecule has 0 aliphatic heterocycles. The molecular weight excluding hydrogens is 301 g/mol. The molecule has 22 heavy (non-hydrogen) atoms. The molecule has 0 radical (unpaired) electrons. The van der Waals surface area contributed by atoms with E-state index in [9.17, 15) is 22.8 Å². The number of ether oxygens (including phenoxy) is 1. The maximum absolute atomic E-state index is 11.9. The largest absolute Gasteiger partial charge is 0.484 e. The highest BCUT2D eigenvalue weighted by molar-refractivity contribution is 5.95. The topological polar surface area (TPSA) is 67.4 Å². The van der Waals surface area contributed by atoms with Crippen molar-refractivity contribution in [1.82, 2.24) is 10.6 Å². The number of carbonyl (C=O) groups excluding carboxylic acids is 2. The molecular formula is C14H15F3N2O3. The van der Waals surface area contributed by atoms with E-state index in [1.165, 1.54) is 12.1 Å². The summed E-state index contributed by atoms with van der Waals surface area (Å²) in [5.74, 6) is -0.884. The van der Waals surface area contributed by atoms with Crippen LogP contribution < -0.4 is 15.4 Å². The average Bonchev–Trinajstić information content (AvgIpc) is 3.26. The Morgan fingerprint density at radius 3 is 2.64 bits per heavy atom. The molecule has 1 fully saturated rings. The molecule has 1 saturated carbocycles. The zero-order valence-electron chi connectivity index (χ0n) is 11.6. The Bertz CT molecular complexity index is 557. The zero-order chi connectivity index (χ0) is 16.2. The summed E-state index contributed by atoms with van der Waals surface area (Å²) < 4.78 is 40.9. The van der Waals surface area contributed by atoms with Crippen LogP contribution in [0.25, 0.3) is 0 Å². The molecule has 0 bridgehead atoms. The fourth-order valence-electron chi connectivity index (χ4n) is 1.62. The van der Waals surface area contributed by atoms with Crippen molar-refractivity contribution in [2.75, 3.05) is 13.2 Å². The number of benzene rings is 1. The molecule has 0 spiro atoms. The van der Waals surface area contributed by atoms with Crippen molar-refractivity contribution in [3.8, 4) is 5.75 Å². The van der Waals surface area contributed by atoms with Gasteiger partial charge in [0.2, 0.25) is 0 Å². The third-order valence-electron chi connectivity index (χ3n) is 2.86. The first-order valence-electron chi connectivity index (χ1n) is 6.71. The number of amides is 2. The van der Waals surface area contributed by atoms with Gasteiger partial charge in [0.1, 0.15) is 12.3 Å². The van der Waals surface area contributed by atoms with Crippen LogP contribution in [-0.2, 0) is 4.79 Å². The first-order valence-corrected chi connectivity index (χ1v) is 6.71. The van der Waals surface area contributed by atoms with Crippen LogP contribution in [0.2, 0.25) is 0 Å². The summed E-state index contributed by atoms with van der Waals surface area (Å²) >= 11 is 0. The number of rotatable bonds is 6. The SMILES string of the molecule is O=C(COc1cccc(C(=O)NC2CC2)c1)NCC(F)(F)F. The maximum atomic E-state index is 11.9. The van der Waals surface area contributed by atoms with Gasteiger partial charge in [-0.05, 0) is 31.0 Å². The standard InChI is InChI=1S/C14H15F3N2O3/c15-14(16,17)8-18-12(20)7-22-11-3-1-2-9(6-11)13(21)19-10-4-5-10/h1-3,6,10H,4-5,7-8H2,(H,18,20)(H,19,21). The highest BCUT2D eigenvalue weighted by atomic mass is 19.4. The highest BCUT2D eigenvalue weighted by Gasteiger charge is 2.27. The second kappa shape index (κ2) is 6.67. The van der Waals surface area contributed by atoms with E-state index < -0.39 is 25.2 Å². The van der Waals surface area contributed by atoms with E-state index in [4.69, 9.17) is 4.74 Å². The molecule has 0 unspecified atom stereocenters. The summed E-state index contributed by atoms with van der Waals surface area (Å²) in [5, 5.41) is 4.50. The zero-order valence-corrected chi connectivity index (χ0v) is 11.6. The second-order valence-electron chi connectivity index (χ2n) is 4.96. The number of alkyl halides is 3. The third kappa shape index (κ3) is 5.63. The van der Waals surface area contributed by atoms with Gasteiger partial charge in [-0.3, -0.25) is 9.59 Å². The van der Waals surface area contributed by atoms with Gasteiger partial charge in [0.25, 0.3) is 11.8 Å². The van der Waals surface area contributed by atoms with E-state index >= 15 is 0 Å². The predicted molar refractivity (Wildman–Crippen MR) is 71.5 cm³/mol. The molecule has 5 nitrogen and oxygen atoms in total. The number of carbonyl (C=O) groups is 2. The van der Waals surface area contributed by atoms with Crippen molar-refractivity contribution < 1.29 is 27.5 Å². The van der Waals surface area contributed by atoms with Gasteiger partial charge >= 0.3 is 6.18 Å². The molecule has 0 atom stereocenters. The van der Waals surface area contributed by atoms with Gasteiger partial charge in [-0.15, -0.1) is 0 Å². The van der Waals surface area contributed by atoms with Gasteiger partial charge < -0.3 is 15.4 Å². The molecule has 0 aromatic heterocycles. The van der Waals surface area contributed by atoms with Gasteiger partial charge in [-0.25, -0.2) is 0 Å². The minimum absolute atomic E-state index is 0.213. The second-order valence-corrected chi connectivity index (χ2v) is 4.96. The molecule has 120 valence electrons.